The Bertz CT molecular complexity index is 538. The molecule has 0 aliphatic carbocycles. The molecule has 0 N–H and O–H groups in total. The van der Waals surface area contributed by atoms with Crippen LogP contribution in [-0.4, -0.2) is 26.9 Å². The van der Waals surface area contributed by atoms with Gasteiger partial charge in [-0.15, -0.1) is 0 Å². The average molecular weight is 253 g/mol. The summed E-state index contributed by atoms with van der Waals surface area (Å²) in [5.41, 5.74) is 1.94. The van der Waals surface area contributed by atoms with Gasteiger partial charge in [0.15, 0.2) is 11.6 Å². The minimum Gasteiger partial charge on any atom is -0.377 e. The third kappa shape index (κ3) is 2.62. The van der Waals surface area contributed by atoms with Gasteiger partial charge in [0.2, 0.25) is 0 Å². The molecule has 6 heteroatoms. The van der Waals surface area contributed by atoms with E-state index < -0.39 is 0 Å². The molecule has 2 heterocycles. The van der Waals surface area contributed by atoms with Crippen LogP contribution in [0.4, 0.5) is 0 Å². The number of halogens is 1. The van der Waals surface area contributed by atoms with E-state index in [0.717, 1.165) is 11.4 Å². The molecular formula is C11H13ClN4O. The van der Waals surface area contributed by atoms with Crippen molar-refractivity contribution < 1.29 is 4.74 Å². The Morgan fingerprint density at radius 3 is 2.65 bits per heavy atom. The van der Waals surface area contributed by atoms with Crippen molar-refractivity contribution in [2.45, 2.75) is 20.5 Å². The van der Waals surface area contributed by atoms with Crippen molar-refractivity contribution in [2.24, 2.45) is 0 Å². The highest BCUT2D eigenvalue weighted by Gasteiger charge is 2.08. The van der Waals surface area contributed by atoms with Gasteiger partial charge in [-0.3, -0.25) is 0 Å². The lowest BCUT2D eigenvalue weighted by molar-refractivity contribution is 0.177. The molecule has 0 aliphatic rings. The second-order valence-electron chi connectivity index (χ2n) is 3.74. The molecule has 0 saturated carbocycles. The van der Waals surface area contributed by atoms with E-state index in [0.29, 0.717) is 23.4 Å². The van der Waals surface area contributed by atoms with Gasteiger partial charge in [-0.2, -0.15) is 5.10 Å². The highest BCUT2D eigenvalue weighted by Crippen LogP contribution is 2.14. The van der Waals surface area contributed by atoms with Crippen LogP contribution in [0.5, 0.6) is 0 Å². The zero-order valence-corrected chi connectivity index (χ0v) is 10.7. The first kappa shape index (κ1) is 12.0. The number of rotatable bonds is 3. The standard InChI is InChI=1S/C11H13ClN4O/c1-7-4-8(2)16(15-7)11-5-9(12)13-10(14-11)6-17-3/h4-5H,6H2,1-3H3. The van der Waals surface area contributed by atoms with Gasteiger partial charge < -0.3 is 4.74 Å². The lowest BCUT2D eigenvalue weighted by Crippen LogP contribution is -2.06. The molecule has 0 radical (unpaired) electrons. The van der Waals surface area contributed by atoms with Crippen LogP contribution < -0.4 is 0 Å². The van der Waals surface area contributed by atoms with Crippen LogP contribution in [0.2, 0.25) is 5.15 Å². The van der Waals surface area contributed by atoms with Crippen molar-refractivity contribution in [2.75, 3.05) is 7.11 Å². The maximum atomic E-state index is 5.95. The van der Waals surface area contributed by atoms with Crippen molar-refractivity contribution in [3.8, 4) is 5.82 Å². The Kier molecular flexibility index (Phi) is 3.40. The quantitative estimate of drug-likeness (QED) is 0.785. The molecule has 17 heavy (non-hydrogen) atoms. The van der Waals surface area contributed by atoms with Crippen LogP contribution in [0.3, 0.4) is 0 Å². The van der Waals surface area contributed by atoms with E-state index in [1.54, 1.807) is 17.9 Å². The van der Waals surface area contributed by atoms with Crippen molar-refractivity contribution in [3.05, 3.63) is 34.5 Å². The molecule has 0 saturated heterocycles. The number of hydrogen-bond acceptors (Lipinski definition) is 4. The predicted octanol–water partition coefficient (Wildman–Crippen LogP) is 2.08. The van der Waals surface area contributed by atoms with Crippen molar-refractivity contribution in [1.82, 2.24) is 19.7 Å². The van der Waals surface area contributed by atoms with E-state index >= 15 is 0 Å². The highest BCUT2D eigenvalue weighted by atomic mass is 35.5. The molecule has 2 aromatic heterocycles. The molecule has 0 amide bonds. The third-order valence-electron chi connectivity index (χ3n) is 2.23. The van der Waals surface area contributed by atoms with E-state index in [9.17, 15) is 0 Å². The summed E-state index contributed by atoms with van der Waals surface area (Å²) >= 11 is 5.95. The number of methoxy groups -OCH3 is 1. The molecule has 0 bridgehead atoms. The minimum atomic E-state index is 0.326. The molecular weight excluding hydrogens is 240 g/mol. The molecule has 0 aromatic carbocycles. The van der Waals surface area contributed by atoms with Gasteiger partial charge in [-0.1, -0.05) is 11.6 Å². The Morgan fingerprint density at radius 2 is 2.06 bits per heavy atom. The first-order valence-electron chi connectivity index (χ1n) is 5.16. The first-order chi connectivity index (χ1) is 8.10. The number of nitrogens with zero attached hydrogens (tertiary/aromatic N) is 4. The Labute approximate surface area is 104 Å². The Hall–Kier alpha value is -1.46. The fraction of sp³-hybridized carbons (Fsp3) is 0.364. The van der Waals surface area contributed by atoms with Crippen LogP contribution in [0.1, 0.15) is 17.2 Å². The first-order valence-corrected chi connectivity index (χ1v) is 5.54. The predicted molar refractivity (Wildman–Crippen MR) is 64.4 cm³/mol. The van der Waals surface area contributed by atoms with E-state index in [-0.39, 0.29) is 0 Å². The van der Waals surface area contributed by atoms with E-state index in [4.69, 9.17) is 16.3 Å². The Morgan fingerprint density at radius 1 is 1.29 bits per heavy atom. The van der Waals surface area contributed by atoms with Gasteiger partial charge in [0.25, 0.3) is 0 Å². The number of aromatic nitrogens is 4. The zero-order chi connectivity index (χ0) is 12.4. The molecule has 0 spiro atoms. The fourth-order valence-corrected chi connectivity index (χ4v) is 1.81. The van der Waals surface area contributed by atoms with Gasteiger partial charge in [0.05, 0.1) is 5.69 Å². The Balaban J connectivity index is 2.48. The second-order valence-corrected chi connectivity index (χ2v) is 4.12. The number of aryl methyl sites for hydroxylation is 2. The summed E-state index contributed by atoms with van der Waals surface area (Å²) in [5, 5.41) is 4.73. The molecule has 0 unspecified atom stereocenters. The molecule has 5 nitrogen and oxygen atoms in total. The monoisotopic (exact) mass is 252 g/mol. The lowest BCUT2D eigenvalue weighted by Gasteiger charge is -2.06. The SMILES string of the molecule is COCc1nc(Cl)cc(-n2nc(C)cc2C)n1. The topological polar surface area (TPSA) is 52.8 Å². The molecule has 90 valence electrons. The van der Waals surface area contributed by atoms with Gasteiger partial charge in [-0.05, 0) is 19.9 Å². The normalized spacial score (nSPS) is 10.8. The summed E-state index contributed by atoms with van der Waals surface area (Å²) in [6, 6.07) is 3.66. The van der Waals surface area contributed by atoms with Gasteiger partial charge in [0.1, 0.15) is 11.8 Å². The summed E-state index contributed by atoms with van der Waals surface area (Å²) in [6.45, 7) is 4.22. The van der Waals surface area contributed by atoms with E-state index in [2.05, 4.69) is 15.1 Å². The number of ether oxygens (including phenoxy) is 1. The smallest absolute Gasteiger partial charge is 0.158 e. The van der Waals surface area contributed by atoms with Crippen molar-refractivity contribution in [1.29, 1.82) is 0 Å². The van der Waals surface area contributed by atoms with Crippen molar-refractivity contribution >= 4 is 11.6 Å². The largest absolute Gasteiger partial charge is 0.377 e. The van der Waals surface area contributed by atoms with Crippen LogP contribution >= 0.6 is 11.6 Å². The molecule has 0 aliphatic heterocycles. The van der Waals surface area contributed by atoms with Crippen LogP contribution in [-0.2, 0) is 11.3 Å². The number of hydrogen-bond donors (Lipinski definition) is 0. The van der Waals surface area contributed by atoms with E-state index in [1.807, 2.05) is 19.9 Å². The summed E-state index contributed by atoms with van der Waals surface area (Å²) in [5.74, 6) is 1.20. The van der Waals surface area contributed by atoms with Crippen LogP contribution in [0.25, 0.3) is 5.82 Å². The summed E-state index contributed by atoms with van der Waals surface area (Å²) in [7, 11) is 1.59. The molecule has 2 rings (SSSR count). The third-order valence-corrected chi connectivity index (χ3v) is 2.42. The molecule has 0 fully saturated rings. The van der Waals surface area contributed by atoms with Crippen molar-refractivity contribution in [3.63, 3.8) is 0 Å². The average Bonchev–Trinajstić information content (AvgIpc) is 2.57. The summed E-state index contributed by atoms with van der Waals surface area (Å²) in [6.07, 6.45) is 0. The zero-order valence-electron chi connectivity index (χ0n) is 9.94. The van der Waals surface area contributed by atoms with Crippen LogP contribution in [0, 0.1) is 13.8 Å². The minimum absolute atomic E-state index is 0.326. The molecule has 0 atom stereocenters. The van der Waals surface area contributed by atoms with Gasteiger partial charge in [0, 0.05) is 18.9 Å². The van der Waals surface area contributed by atoms with E-state index in [1.165, 1.54) is 0 Å². The fourth-order valence-electron chi connectivity index (χ4n) is 1.61. The molecule has 2 aromatic rings. The van der Waals surface area contributed by atoms with Gasteiger partial charge >= 0.3 is 0 Å². The summed E-state index contributed by atoms with van der Waals surface area (Å²) < 4.78 is 6.73. The summed E-state index contributed by atoms with van der Waals surface area (Å²) in [4.78, 5) is 8.42. The second kappa shape index (κ2) is 4.81. The maximum absolute atomic E-state index is 5.95. The highest BCUT2D eigenvalue weighted by molar-refractivity contribution is 6.29. The van der Waals surface area contributed by atoms with Crippen LogP contribution in [0.15, 0.2) is 12.1 Å². The van der Waals surface area contributed by atoms with Gasteiger partial charge in [-0.25, -0.2) is 14.6 Å². The maximum Gasteiger partial charge on any atom is 0.158 e. The lowest BCUT2D eigenvalue weighted by atomic mass is 10.4.